The van der Waals surface area contributed by atoms with Crippen LogP contribution in [0.3, 0.4) is 0 Å². The molecular formula is C18H27N5O2. The highest BCUT2D eigenvalue weighted by molar-refractivity contribution is 5.35. The average molecular weight is 345 g/mol. The normalized spacial score (nSPS) is 12.0. The lowest BCUT2D eigenvalue weighted by Crippen LogP contribution is -2.22. The Morgan fingerprint density at radius 2 is 1.76 bits per heavy atom. The molecule has 0 aliphatic heterocycles. The Morgan fingerprint density at radius 3 is 2.48 bits per heavy atom. The van der Waals surface area contributed by atoms with Crippen LogP contribution in [0, 0.1) is 0 Å². The third-order valence-electron chi connectivity index (χ3n) is 3.37. The summed E-state index contributed by atoms with van der Waals surface area (Å²) in [6, 6.07) is 10.1. The number of benzene rings is 1. The molecule has 1 atom stereocenters. The third-order valence-corrected chi connectivity index (χ3v) is 3.37. The lowest BCUT2D eigenvalue weighted by molar-refractivity contribution is 0.0955. The predicted molar refractivity (Wildman–Crippen MR) is 98.8 cm³/mol. The van der Waals surface area contributed by atoms with Gasteiger partial charge in [-0.2, -0.15) is 15.0 Å². The van der Waals surface area contributed by atoms with Crippen molar-refractivity contribution >= 4 is 11.9 Å². The van der Waals surface area contributed by atoms with Crippen molar-refractivity contribution in [1.82, 2.24) is 15.0 Å². The largest absolute Gasteiger partial charge is 0.380 e. The summed E-state index contributed by atoms with van der Waals surface area (Å²) in [4.78, 5) is 13.4. The molecule has 0 spiro atoms. The molecule has 0 aliphatic carbocycles. The van der Waals surface area contributed by atoms with E-state index in [9.17, 15) is 0 Å². The summed E-state index contributed by atoms with van der Waals surface area (Å²) in [6.45, 7) is 8.40. The van der Waals surface area contributed by atoms with Crippen molar-refractivity contribution in [2.75, 3.05) is 37.0 Å². The van der Waals surface area contributed by atoms with Gasteiger partial charge in [-0.3, -0.25) is 0 Å². The van der Waals surface area contributed by atoms with Gasteiger partial charge in [-0.1, -0.05) is 30.3 Å². The number of nitrogens with zero attached hydrogens (tertiary/aromatic N) is 3. The molecule has 0 radical (unpaired) electrons. The molecule has 0 saturated carbocycles. The number of ether oxygens (including phenoxy) is 2. The van der Waals surface area contributed by atoms with Crippen molar-refractivity contribution in [3.63, 3.8) is 0 Å². The van der Waals surface area contributed by atoms with Crippen LogP contribution >= 0.6 is 0 Å². The Morgan fingerprint density at radius 1 is 1.00 bits per heavy atom. The van der Waals surface area contributed by atoms with Crippen LogP contribution in [0.2, 0.25) is 0 Å². The summed E-state index contributed by atoms with van der Waals surface area (Å²) in [5, 5.41) is 6.34. The minimum Gasteiger partial charge on any atom is -0.380 e. The third kappa shape index (κ3) is 7.03. The molecule has 0 aliphatic rings. The van der Waals surface area contributed by atoms with E-state index >= 15 is 0 Å². The predicted octanol–water partition coefficient (Wildman–Crippen LogP) is 2.71. The molecular weight excluding hydrogens is 318 g/mol. The highest BCUT2D eigenvalue weighted by Crippen LogP contribution is 2.11. The fourth-order valence-corrected chi connectivity index (χ4v) is 2.27. The molecule has 0 saturated heterocycles. The van der Waals surface area contributed by atoms with E-state index in [-0.39, 0.29) is 6.23 Å². The van der Waals surface area contributed by atoms with Crippen LogP contribution in [0.4, 0.5) is 11.9 Å². The lowest BCUT2D eigenvalue weighted by Gasteiger charge is -2.15. The van der Waals surface area contributed by atoms with Crippen molar-refractivity contribution in [1.29, 1.82) is 0 Å². The Hall–Kier alpha value is -2.25. The highest BCUT2D eigenvalue weighted by Gasteiger charge is 2.10. The van der Waals surface area contributed by atoms with E-state index in [1.165, 1.54) is 0 Å². The Kier molecular flexibility index (Phi) is 8.08. The zero-order valence-corrected chi connectivity index (χ0v) is 15.2. The van der Waals surface area contributed by atoms with E-state index in [2.05, 4.69) is 37.7 Å². The van der Waals surface area contributed by atoms with E-state index in [0.717, 1.165) is 5.56 Å². The zero-order chi connectivity index (χ0) is 17.9. The first-order chi connectivity index (χ1) is 12.2. The van der Waals surface area contributed by atoms with E-state index in [1.807, 2.05) is 39.0 Å². The van der Waals surface area contributed by atoms with Gasteiger partial charge in [0, 0.05) is 26.2 Å². The Labute approximate surface area is 149 Å². The van der Waals surface area contributed by atoms with Crippen LogP contribution in [0.25, 0.3) is 0 Å². The molecule has 1 aromatic carbocycles. The maximum Gasteiger partial charge on any atom is 0.229 e. The summed E-state index contributed by atoms with van der Waals surface area (Å²) < 4.78 is 10.8. The maximum absolute atomic E-state index is 5.50. The second-order valence-corrected chi connectivity index (χ2v) is 5.43. The first kappa shape index (κ1) is 19.1. The van der Waals surface area contributed by atoms with Gasteiger partial charge >= 0.3 is 0 Å². The molecule has 0 bridgehead atoms. The number of nitrogens with one attached hydrogen (secondary N) is 2. The topological polar surface area (TPSA) is 81.2 Å². The SMILES string of the molecule is CCOCCNc1nc(Cc2ccccc2)nc(NC(C)OCC)n1. The zero-order valence-electron chi connectivity index (χ0n) is 15.2. The second-order valence-electron chi connectivity index (χ2n) is 5.43. The molecule has 25 heavy (non-hydrogen) atoms. The van der Waals surface area contributed by atoms with Crippen molar-refractivity contribution in [2.24, 2.45) is 0 Å². The molecule has 1 heterocycles. The molecule has 2 N–H and O–H groups in total. The van der Waals surface area contributed by atoms with Crippen molar-refractivity contribution in [2.45, 2.75) is 33.4 Å². The molecule has 136 valence electrons. The number of anilines is 2. The number of hydrogen-bond donors (Lipinski definition) is 2. The fraction of sp³-hybridized carbons (Fsp3) is 0.500. The molecule has 7 nitrogen and oxygen atoms in total. The summed E-state index contributed by atoms with van der Waals surface area (Å²) in [7, 11) is 0. The van der Waals surface area contributed by atoms with Gasteiger partial charge in [0.1, 0.15) is 12.1 Å². The van der Waals surface area contributed by atoms with Crippen LogP contribution in [0.5, 0.6) is 0 Å². The Balaban J connectivity index is 2.12. The van der Waals surface area contributed by atoms with Crippen molar-refractivity contribution in [3.8, 4) is 0 Å². The van der Waals surface area contributed by atoms with Gasteiger partial charge in [0.25, 0.3) is 0 Å². The van der Waals surface area contributed by atoms with Gasteiger partial charge < -0.3 is 20.1 Å². The van der Waals surface area contributed by atoms with Gasteiger partial charge in [0.05, 0.1) is 6.61 Å². The Bertz CT molecular complexity index is 624. The molecule has 0 fully saturated rings. The summed E-state index contributed by atoms with van der Waals surface area (Å²) in [5.74, 6) is 1.74. The van der Waals surface area contributed by atoms with Crippen LogP contribution in [-0.2, 0) is 15.9 Å². The van der Waals surface area contributed by atoms with E-state index in [0.29, 0.717) is 50.5 Å². The van der Waals surface area contributed by atoms with Gasteiger partial charge in [-0.15, -0.1) is 0 Å². The fourth-order valence-electron chi connectivity index (χ4n) is 2.27. The smallest absolute Gasteiger partial charge is 0.229 e. The van der Waals surface area contributed by atoms with Crippen LogP contribution in [0.15, 0.2) is 30.3 Å². The minimum absolute atomic E-state index is 0.173. The summed E-state index contributed by atoms with van der Waals surface area (Å²) in [5.41, 5.74) is 1.15. The first-order valence-electron chi connectivity index (χ1n) is 8.69. The van der Waals surface area contributed by atoms with Crippen molar-refractivity contribution < 1.29 is 9.47 Å². The van der Waals surface area contributed by atoms with Crippen LogP contribution < -0.4 is 10.6 Å². The van der Waals surface area contributed by atoms with E-state index < -0.39 is 0 Å². The van der Waals surface area contributed by atoms with Gasteiger partial charge in [-0.25, -0.2) is 0 Å². The standard InChI is InChI=1S/C18H27N5O2/c1-4-24-12-11-19-17-21-16(13-15-9-7-6-8-10-15)22-18(23-17)20-14(3)25-5-2/h6-10,14H,4-5,11-13H2,1-3H3,(H2,19,20,21,22,23). The summed E-state index contributed by atoms with van der Waals surface area (Å²) in [6.07, 6.45) is 0.467. The number of rotatable bonds is 11. The minimum atomic E-state index is -0.173. The molecule has 0 amide bonds. The monoisotopic (exact) mass is 345 g/mol. The highest BCUT2D eigenvalue weighted by atomic mass is 16.5. The summed E-state index contributed by atoms with van der Waals surface area (Å²) >= 11 is 0. The number of aromatic nitrogens is 3. The molecule has 1 aromatic heterocycles. The van der Waals surface area contributed by atoms with Crippen LogP contribution in [0.1, 0.15) is 32.2 Å². The maximum atomic E-state index is 5.50. The van der Waals surface area contributed by atoms with Crippen LogP contribution in [-0.4, -0.2) is 47.5 Å². The molecule has 2 rings (SSSR count). The molecule has 7 heteroatoms. The lowest BCUT2D eigenvalue weighted by atomic mass is 10.1. The first-order valence-corrected chi connectivity index (χ1v) is 8.69. The molecule has 1 unspecified atom stereocenters. The second kappa shape index (κ2) is 10.6. The quantitative estimate of drug-likeness (QED) is 0.479. The molecule has 2 aromatic rings. The van der Waals surface area contributed by atoms with Gasteiger partial charge in [0.15, 0.2) is 0 Å². The average Bonchev–Trinajstić information content (AvgIpc) is 2.60. The number of hydrogen-bond acceptors (Lipinski definition) is 7. The van der Waals surface area contributed by atoms with Crippen molar-refractivity contribution in [3.05, 3.63) is 41.7 Å². The van der Waals surface area contributed by atoms with E-state index in [1.54, 1.807) is 0 Å². The van der Waals surface area contributed by atoms with Gasteiger partial charge in [0.2, 0.25) is 11.9 Å². The van der Waals surface area contributed by atoms with E-state index in [4.69, 9.17) is 9.47 Å². The van der Waals surface area contributed by atoms with Gasteiger partial charge in [-0.05, 0) is 26.3 Å².